The van der Waals surface area contributed by atoms with Crippen LogP contribution in [0.3, 0.4) is 0 Å². The van der Waals surface area contributed by atoms with Gasteiger partial charge in [0.2, 0.25) is 0 Å². The lowest BCUT2D eigenvalue weighted by atomic mass is 10.2. The van der Waals surface area contributed by atoms with Crippen molar-refractivity contribution in [3.8, 4) is 0 Å². The summed E-state index contributed by atoms with van der Waals surface area (Å²) in [6, 6.07) is 7.84. The second-order valence-electron chi connectivity index (χ2n) is 4.93. The first kappa shape index (κ1) is 14.6. The van der Waals surface area contributed by atoms with Gasteiger partial charge in [0.1, 0.15) is 5.69 Å². The van der Waals surface area contributed by atoms with Gasteiger partial charge in [-0.05, 0) is 31.0 Å². The minimum atomic E-state index is -0.550. The van der Waals surface area contributed by atoms with Crippen LogP contribution < -0.4 is 5.32 Å². The molecule has 1 atom stereocenters. The Kier molecular flexibility index (Phi) is 4.76. The van der Waals surface area contributed by atoms with Gasteiger partial charge < -0.3 is 20.1 Å². The van der Waals surface area contributed by atoms with E-state index in [1.165, 1.54) is 7.11 Å². The van der Waals surface area contributed by atoms with Gasteiger partial charge in [0.05, 0.1) is 12.7 Å². The zero-order valence-corrected chi connectivity index (χ0v) is 11.8. The van der Waals surface area contributed by atoms with Crippen molar-refractivity contribution in [2.75, 3.05) is 20.3 Å². The predicted molar refractivity (Wildman–Crippen MR) is 77.9 cm³/mol. The average molecular weight is 276 g/mol. The van der Waals surface area contributed by atoms with Crippen molar-refractivity contribution in [3.05, 3.63) is 35.5 Å². The number of ether oxygens (including phenoxy) is 1. The van der Waals surface area contributed by atoms with E-state index >= 15 is 0 Å². The van der Waals surface area contributed by atoms with E-state index in [9.17, 15) is 9.90 Å². The largest absolute Gasteiger partial charge is 0.391 e. The lowest BCUT2D eigenvalue weighted by Gasteiger charge is -2.09. The standard InChI is InChI=1S/C15H20N2O3/c1-10-3-4-11-8-14(17-13(11)7-10)15(19)16-6-5-12(18)9-20-2/h3-4,7-8,12,17-18H,5-6,9H2,1-2H3,(H,16,19). The van der Waals surface area contributed by atoms with Gasteiger partial charge in [-0.25, -0.2) is 0 Å². The molecule has 0 radical (unpaired) electrons. The molecule has 2 rings (SSSR count). The van der Waals surface area contributed by atoms with Crippen LogP contribution in [0.2, 0.25) is 0 Å². The topological polar surface area (TPSA) is 74.3 Å². The molecule has 0 aliphatic carbocycles. The second kappa shape index (κ2) is 6.54. The van der Waals surface area contributed by atoms with Gasteiger partial charge in [0.15, 0.2) is 0 Å². The maximum absolute atomic E-state index is 12.0. The first-order valence-electron chi connectivity index (χ1n) is 6.64. The SMILES string of the molecule is COCC(O)CCNC(=O)c1cc2ccc(C)cc2[nH]1. The van der Waals surface area contributed by atoms with Crippen LogP contribution in [-0.4, -0.2) is 42.4 Å². The Bertz CT molecular complexity index is 592. The van der Waals surface area contributed by atoms with Crippen LogP contribution in [0.15, 0.2) is 24.3 Å². The summed E-state index contributed by atoms with van der Waals surface area (Å²) in [5.74, 6) is -0.163. The summed E-state index contributed by atoms with van der Waals surface area (Å²) in [5, 5.41) is 13.3. The molecular formula is C15H20N2O3. The molecular weight excluding hydrogens is 256 g/mol. The van der Waals surface area contributed by atoms with Gasteiger partial charge in [0, 0.05) is 24.6 Å². The Balaban J connectivity index is 1.94. The lowest BCUT2D eigenvalue weighted by Crippen LogP contribution is -2.28. The predicted octanol–water partition coefficient (Wildman–Crippen LogP) is 1.60. The number of rotatable bonds is 6. The number of amides is 1. The average Bonchev–Trinajstić information content (AvgIpc) is 2.82. The Morgan fingerprint density at radius 2 is 2.25 bits per heavy atom. The fourth-order valence-corrected chi connectivity index (χ4v) is 2.09. The highest BCUT2D eigenvalue weighted by Gasteiger charge is 2.10. The van der Waals surface area contributed by atoms with Crippen molar-refractivity contribution in [1.82, 2.24) is 10.3 Å². The molecule has 1 aromatic heterocycles. The van der Waals surface area contributed by atoms with Crippen LogP contribution in [0.5, 0.6) is 0 Å². The maximum atomic E-state index is 12.0. The number of aryl methyl sites for hydroxylation is 1. The summed E-state index contributed by atoms with van der Waals surface area (Å²) in [5.41, 5.74) is 2.63. The highest BCUT2D eigenvalue weighted by molar-refractivity contribution is 5.98. The lowest BCUT2D eigenvalue weighted by molar-refractivity contribution is 0.0587. The second-order valence-corrected chi connectivity index (χ2v) is 4.93. The van der Waals surface area contributed by atoms with E-state index in [0.29, 0.717) is 18.7 Å². The Morgan fingerprint density at radius 1 is 1.45 bits per heavy atom. The van der Waals surface area contributed by atoms with Gasteiger partial charge in [-0.3, -0.25) is 4.79 Å². The molecule has 0 saturated heterocycles. The molecule has 1 amide bonds. The smallest absolute Gasteiger partial charge is 0.267 e. The molecule has 1 heterocycles. The number of fused-ring (bicyclic) bond motifs is 1. The fraction of sp³-hybridized carbons (Fsp3) is 0.400. The molecule has 0 saturated carbocycles. The van der Waals surface area contributed by atoms with Crippen molar-refractivity contribution in [1.29, 1.82) is 0 Å². The van der Waals surface area contributed by atoms with E-state index in [1.54, 1.807) is 0 Å². The van der Waals surface area contributed by atoms with Crippen LogP contribution in [-0.2, 0) is 4.74 Å². The van der Waals surface area contributed by atoms with E-state index in [0.717, 1.165) is 16.5 Å². The Morgan fingerprint density at radius 3 is 3.00 bits per heavy atom. The normalized spacial score (nSPS) is 12.6. The molecule has 0 bridgehead atoms. The third kappa shape index (κ3) is 3.59. The molecule has 108 valence electrons. The van der Waals surface area contributed by atoms with Gasteiger partial charge in [-0.1, -0.05) is 12.1 Å². The number of H-pyrrole nitrogens is 1. The number of aromatic nitrogens is 1. The van der Waals surface area contributed by atoms with Gasteiger partial charge in [-0.15, -0.1) is 0 Å². The van der Waals surface area contributed by atoms with Crippen LogP contribution in [0.1, 0.15) is 22.5 Å². The van der Waals surface area contributed by atoms with Crippen LogP contribution >= 0.6 is 0 Å². The quantitative estimate of drug-likeness (QED) is 0.750. The van der Waals surface area contributed by atoms with E-state index < -0.39 is 6.10 Å². The summed E-state index contributed by atoms with van der Waals surface area (Å²) >= 11 is 0. The fourth-order valence-electron chi connectivity index (χ4n) is 2.09. The van der Waals surface area contributed by atoms with Gasteiger partial charge in [-0.2, -0.15) is 0 Å². The highest BCUT2D eigenvalue weighted by Crippen LogP contribution is 2.16. The van der Waals surface area contributed by atoms with Crippen LogP contribution in [0, 0.1) is 6.92 Å². The Hall–Kier alpha value is -1.85. The van der Waals surface area contributed by atoms with Crippen molar-refractivity contribution in [2.45, 2.75) is 19.4 Å². The molecule has 0 spiro atoms. The van der Waals surface area contributed by atoms with Gasteiger partial charge in [0.25, 0.3) is 5.91 Å². The molecule has 5 nitrogen and oxygen atoms in total. The molecule has 3 N–H and O–H groups in total. The summed E-state index contributed by atoms with van der Waals surface area (Å²) < 4.78 is 4.83. The number of benzene rings is 1. The summed E-state index contributed by atoms with van der Waals surface area (Å²) in [4.78, 5) is 15.1. The van der Waals surface area contributed by atoms with Crippen molar-refractivity contribution >= 4 is 16.8 Å². The number of aliphatic hydroxyl groups is 1. The summed E-state index contributed by atoms with van der Waals surface area (Å²) in [6.45, 7) is 2.70. The third-order valence-corrected chi connectivity index (χ3v) is 3.14. The molecule has 0 aliphatic rings. The molecule has 20 heavy (non-hydrogen) atoms. The van der Waals surface area contributed by atoms with Crippen molar-refractivity contribution in [2.24, 2.45) is 0 Å². The van der Waals surface area contributed by atoms with Crippen LogP contribution in [0.25, 0.3) is 10.9 Å². The number of aliphatic hydroxyl groups excluding tert-OH is 1. The van der Waals surface area contributed by atoms with Crippen LogP contribution in [0.4, 0.5) is 0 Å². The first-order chi connectivity index (χ1) is 9.60. The minimum Gasteiger partial charge on any atom is -0.391 e. The molecule has 0 aliphatic heterocycles. The van der Waals surface area contributed by atoms with Crippen molar-refractivity contribution < 1.29 is 14.6 Å². The number of hydrogen-bond donors (Lipinski definition) is 3. The molecule has 1 aromatic carbocycles. The number of carbonyl (C=O) groups excluding carboxylic acids is 1. The van der Waals surface area contributed by atoms with Gasteiger partial charge >= 0.3 is 0 Å². The van der Waals surface area contributed by atoms with Crippen molar-refractivity contribution in [3.63, 3.8) is 0 Å². The number of aromatic amines is 1. The maximum Gasteiger partial charge on any atom is 0.267 e. The number of methoxy groups -OCH3 is 1. The number of hydrogen-bond acceptors (Lipinski definition) is 3. The minimum absolute atomic E-state index is 0.163. The van der Waals surface area contributed by atoms with E-state index in [2.05, 4.69) is 10.3 Å². The first-order valence-corrected chi connectivity index (χ1v) is 6.64. The molecule has 0 fully saturated rings. The monoisotopic (exact) mass is 276 g/mol. The summed E-state index contributed by atoms with van der Waals surface area (Å²) in [7, 11) is 1.54. The summed E-state index contributed by atoms with van der Waals surface area (Å²) in [6.07, 6.45) is -0.0792. The van der Waals surface area contributed by atoms with E-state index in [-0.39, 0.29) is 12.5 Å². The van der Waals surface area contributed by atoms with E-state index in [4.69, 9.17) is 4.74 Å². The number of carbonyl (C=O) groups is 1. The molecule has 1 unspecified atom stereocenters. The molecule has 2 aromatic rings. The Labute approximate surface area is 117 Å². The zero-order valence-electron chi connectivity index (χ0n) is 11.8. The highest BCUT2D eigenvalue weighted by atomic mass is 16.5. The third-order valence-electron chi connectivity index (χ3n) is 3.14. The zero-order chi connectivity index (χ0) is 14.5. The number of nitrogens with one attached hydrogen (secondary N) is 2. The van der Waals surface area contributed by atoms with E-state index in [1.807, 2.05) is 31.2 Å². The molecule has 5 heteroatoms.